The number of hydrogen-bond acceptors (Lipinski definition) is 5. The zero-order valence-corrected chi connectivity index (χ0v) is 38.8. The summed E-state index contributed by atoms with van der Waals surface area (Å²) >= 11 is 0. The summed E-state index contributed by atoms with van der Waals surface area (Å²) < 4.78 is 5.92. The van der Waals surface area contributed by atoms with Gasteiger partial charge in [-0.25, -0.2) is 0 Å². The first-order valence-electron chi connectivity index (χ1n) is 25.8. The molecular weight excluding hydrogens is 707 g/mol. The van der Waals surface area contributed by atoms with Crippen molar-refractivity contribution in [2.75, 3.05) is 6.61 Å². The first kappa shape index (κ1) is 55.9. The maximum atomic E-state index is 13.2. The Labute approximate surface area is 356 Å². The van der Waals surface area contributed by atoms with Gasteiger partial charge in [-0.05, 0) is 25.7 Å². The van der Waals surface area contributed by atoms with Crippen molar-refractivity contribution in [1.82, 2.24) is 5.32 Å². The quantitative estimate of drug-likeness (QED) is 0.0420. The first-order chi connectivity index (χ1) is 28.0. The molecule has 340 valence electrons. The molecule has 6 heteroatoms. The van der Waals surface area contributed by atoms with Crippen LogP contribution in [-0.4, -0.2) is 46.9 Å². The van der Waals surface area contributed by atoms with Crippen molar-refractivity contribution in [2.24, 2.45) is 0 Å². The number of carbonyl (C=O) groups is 2. The zero-order chi connectivity index (χ0) is 41.7. The van der Waals surface area contributed by atoms with Gasteiger partial charge >= 0.3 is 5.97 Å². The third-order valence-electron chi connectivity index (χ3n) is 12.2. The molecule has 3 N–H and O–H groups in total. The smallest absolute Gasteiger partial charge is 0.306 e. The molecule has 0 spiro atoms. The van der Waals surface area contributed by atoms with Crippen LogP contribution in [0.2, 0.25) is 0 Å². The van der Waals surface area contributed by atoms with E-state index >= 15 is 0 Å². The molecule has 0 saturated heterocycles. The Kier molecular flexibility index (Phi) is 45.0. The summed E-state index contributed by atoms with van der Waals surface area (Å²) in [5.41, 5.74) is 0. The number of esters is 1. The number of ether oxygens (including phenoxy) is 1. The molecule has 0 saturated carbocycles. The number of carbonyl (C=O) groups excluding carboxylic acids is 2. The third-order valence-corrected chi connectivity index (χ3v) is 12.2. The molecule has 0 aliphatic carbocycles. The van der Waals surface area contributed by atoms with Gasteiger partial charge in [0.2, 0.25) is 5.91 Å². The molecule has 3 unspecified atom stereocenters. The molecule has 3 atom stereocenters. The van der Waals surface area contributed by atoms with Crippen LogP contribution in [0.25, 0.3) is 0 Å². The number of aliphatic hydroxyl groups is 2. The lowest BCUT2D eigenvalue weighted by Gasteiger charge is -2.24. The van der Waals surface area contributed by atoms with Gasteiger partial charge in [0, 0.05) is 6.42 Å². The van der Waals surface area contributed by atoms with Gasteiger partial charge in [0.15, 0.2) is 0 Å². The lowest BCUT2D eigenvalue weighted by molar-refractivity contribution is -0.151. The molecule has 57 heavy (non-hydrogen) atoms. The van der Waals surface area contributed by atoms with E-state index in [4.69, 9.17) is 4.74 Å². The van der Waals surface area contributed by atoms with E-state index in [1.54, 1.807) is 0 Å². The fourth-order valence-electron chi connectivity index (χ4n) is 8.26. The van der Waals surface area contributed by atoms with Gasteiger partial charge in [0.25, 0.3) is 0 Å². The van der Waals surface area contributed by atoms with Crippen LogP contribution in [0.1, 0.15) is 290 Å². The fourth-order valence-corrected chi connectivity index (χ4v) is 8.26. The summed E-state index contributed by atoms with van der Waals surface area (Å²) in [5.74, 6) is -0.454. The largest absolute Gasteiger partial charge is 0.462 e. The summed E-state index contributed by atoms with van der Waals surface area (Å²) in [6.45, 7) is 6.50. The molecule has 6 nitrogen and oxygen atoms in total. The maximum Gasteiger partial charge on any atom is 0.306 e. The Morgan fingerprint density at radius 3 is 1.07 bits per heavy atom. The lowest BCUT2D eigenvalue weighted by Crippen LogP contribution is -2.46. The summed E-state index contributed by atoms with van der Waals surface area (Å²) in [6, 6.07) is -0.691. The highest BCUT2D eigenvalue weighted by atomic mass is 16.5. The number of rotatable bonds is 47. The lowest BCUT2D eigenvalue weighted by atomic mass is 10.0. The summed E-state index contributed by atoms with van der Waals surface area (Å²) in [5, 5.41) is 23.7. The predicted molar refractivity (Wildman–Crippen MR) is 246 cm³/mol. The van der Waals surface area contributed by atoms with E-state index in [1.807, 2.05) is 0 Å². The van der Waals surface area contributed by atoms with Gasteiger partial charge in [0.05, 0.1) is 25.2 Å². The SMILES string of the molecule is CCCCCCCCCCCCCCCCCC(=O)OC(CCCCCCCCCCC)CC(=O)NC(CO)C(O)CCCCCCCCCCCCCCCC. The van der Waals surface area contributed by atoms with Crippen molar-refractivity contribution < 1.29 is 24.5 Å². The van der Waals surface area contributed by atoms with Gasteiger partial charge in [0.1, 0.15) is 6.10 Å². The normalized spacial score (nSPS) is 13.1. The molecule has 0 heterocycles. The predicted octanol–water partition coefficient (Wildman–Crippen LogP) is 15.2. The highest BCUT2D eigenvalue weighted by Gasteiger charge is 2.24. The van der Waals surface area contributed by atoms with Crippen LogP contribution < -0.4 is 5.32 Å². The van der Waals surface area contributed by atoms with Crippen molar-refractivity contribution in [3.05, 3.63) is 0 Å². The van der Waals surface area contributed by atoms with Crippen molar-refractivity contribution in [1.29, 1.82) is 0 Å². The average molecular weight is 808 g/mol. The Balaban J connectivity index is 4.41. The summed E-state index contributed by atoms with van der Waals surface area (Å²) in [4.78, 5) is 26.0. The Morgan fingerprint density at radius 1 is 0.439 bits per heavy atom. The van der Waals surface area contributed by atoms with Gasteiger partial charge in [-0.1, -0.05) is 252 Å². The van der Waals surface area contributed by atoms with Crippen LogP contribution >= 0.6 is 0 Å². The molecular formula is C51H101NO5. The standard InChI is InChI=1S/C51H101NO5/c1-4-7-10-13-16-19-21-23-25-27-29-32-35-38-41-44-51(56)57-47(42-39-36-33-30-18-15-12-9-6-3)45-50(55)52-48(46-53)49(54)43-40-37-34-31-28-26-24-22-20-17-14-11-8-5-2/h47-49,53-54H,4-46H2,1-3H3,(H,52,55). The zero-order valence-electron chi connectivity index (χ0n) is 38.8. The molecule has 0 aliphatic heterocycles. The molecule has 0 rings (SSSR count). The molecule has 0 aromatic carbocycles. The van der Waals surface area contributed by atoms with Crippen LogP contribution in [-0.2, 0) is 14.3 Å². The van der Waals surface area contributed by atoms with Crippen molar-refractivity contribution in [2.45, 2.75) is 309 Å². The molecule has 0 fully saturated rings. The number of hydrogen-bond donors (Lipinski definition) is 3. The average Bonchev–Trinajstić information content (AvgIpc) is 3.20. The minimum atomic E-state index is -0.778. The Morgan fingerprint density at radius 2 is 0.737 bits per heavy atom. The second kappa shape index (κ2) is 45.9. The van der Waals surface area contributed by atoms with Gasteiger partial charge < -0.3 is 20.3 Å². The molecule has 0 bridgehead atoms. The Hall–Kier alpha value is -1.14. The minimum Gasteiger partial charge on any atom is -0.462 e. The van der Waals surface area contributed by atoms with E-state index in [0.717, 1.165) is 38.5 Å². The van der Waals surface area contributed by atoms with Crippen LogP contribution in [0, 0.1) is 0 Å². The third kappa shape index (κ3) is 41.4. The van der Waals surface area contributed by atoms with E-state index in [9.17, 15) is 19.8 Å². The second-order valence-corrected chi connectivity index (χ2v) is 17.9. The van der Waals surface area contributed by atoms with E-state index in [0.29, 0.717) is 19.3 Å². The van der Waals surface area contributed by atoms with Gasteiger partial charge in [-0.2, -0.15) is 0 Å². The maximum absolute atomic E-state index is 13.2. The molecule has 0 aliphatic rings. The Bertz CT molecular complexity index is 821. The topological polar surface area (TPSA) is 95.9 Å². The van der Waals surface area contributed by atoms with E-state index in [1.165, 1.54) is 205 Å². The second-order valence-electron chi connectivity index (χ2n) is 17.9. The summed E-state index contributed by atoms with van der Waals surface area (Å²) in [7, 11) is 0. The minimum absolute atomic E-state index is 0.0870. The van der Waals surface area contributed by atoms with E-state index < -0.39 is 18.2 Å². The monoisotopic (exact) mass is 808 g/mol. The highest BCUT2D eigenvalue weighted by molar-refractivity contribution is 5.77. The molecule has 1 amide bonds. The van der Waals surface area contributed by atoms with Crippen LogP contribution in [0.3, 0.4) is 0 Å². The van der Waals surface area contributed by atoms with Crippen LogP contribution in [0.15, 0.2) is 0 Å². The number of nitrogens with one attached hydrogen (secondary N) is 1. The van der Waals surface area contributed by atoms with E-state index in [-0.39, 0.29) is 24.9 Å². The van der Waals surface area contributed by atoms with Crippen molar-refractivity contribution in [3.8, 4) is 0 Å². The molecule has 0 aromatic heterocycles. The first-order valence-corrected chi connectivity index (χ1v) is 25.8. The highest BCUT2D eigenvalue weighted by Crippen LogP contribution is 2.19. The van der Waals surface area contributed by atoms with Crippen molar-refractivity contribution >= 4 is 11.9 Å². The fraction of sp³-hybridized carbons (Fsp3) is 0.961. The van der Waals surface area contributed by atoms with Gasteiger partial charge in [-0.3, -0.25) is 9.59 Å². The summed E-state index contributed by atoms with van der Waals surface area (Å²) in [6.07, 6.45) is 48.8. The number of aliphatic hydroxyl groups excluding tert-OH is 2. The van der Waals surface area contributed by atoms with Gasteiger partial charge in [-0.15, -0.1) is 0 Å². The molecule has 0 radical (unpaired) electrons. The number of unbranched alkanes of at least 4 members (excludes halogenated alkanes) is 35. The van der Waals surface area contributed by atoms with Crippen molar-refractivity contribution in [3.63, 3.8) is 0 Å². The molecule has 0 aromatic rings. The number of amides is 1. The van der Waals surface area contributed by atoms with E-state index in [2.05, 4.69) is 26.1 Å². The van der Waals surface area contributed by atoms with Crippen LogP contribution in [0.4, 0.5) is 0 Å². The van der Waals surface area contributed by atoms with Crippen LogP contribution in [0.5, 0.6) is 0 Å².